The third-order valence-electron chi connectivity index (χ3n) is 4.83. The molecule has 2 atom stereocenters. The molecule has 1 heterocycles. The van der Waals surface area contributed by atoms with Gasteiger partial charge in [0.15, 0.2) is 0 Å². The maximum absolute atomic E-state index is 12.6. The molecule has 2 aromatic carbocycles. The van der Waals surface area contributed by atoms with E-state index >= 15 is 0 Å². The quantitative estimate of drug-likeness (QED) is 0.644. The number of rotatable bonds is 6. The van der Waals surface area contributed by atoms with Crippen molar-refractivity contribution in [2.24, 2.45) is 5.92 Å². The molecule has 2 unspecified atom stereocenters. The zero-order chi connectivity index (χ0) is 17.9. The van der Waals surface area contributed by atoms with E-state index < -0.39 is 0 Å². The first-order valence-electron chi connectivity index (χ1n) is 8.83. The Morgan fingerprint density at radius 1 is 1.15 bits per heavy atom. The van der Waals surface area contributed by atoms with Crippen molar-refractivity contribution in [1.29, 1.82) is 0 Å². The lowest BCUT2D eigenvalue weighted by atomic mass is 10.1. The van der Waals surface area contributed by atoms with E-state index in [2.05, 4.69) is 50.6 Å². The number of hydrogen-bond acceptors (Lipinski definition) is 2. The van der Waals surface area contributed by atoms with Gasteiger partial charge in [0.25, 0.3) is 0 Å². The lowest BCUT2D eigenvalue weighted by molar-refractivity contribution is -0.117. The number of nitrogens with zero attached hydrogens (tertiary/aromatic N) is 2. The minimum Gasteiger partial charge on any atom is -0.311 e. The van der Waals surface area contributed by atoms with Gasteiger partial charge in [-0.1, -0.05) is 58.4 Å². The van der Waals surface area contributed by atoms with Crippen molar-refractivity contribution in [2.45, 2.75) is 25.3 Å². The second kappa shape index (κ2) is 7.46. The van der Waals surface area contributed by atoms with Crippen LogP contribution in [0.2, 0.25) is 0 Å². The Hall–Kier alpha value is -2.40. The van der Waals surface area contributed by atoms with E-state index in [1.807, 2.05) is 41.1 Å². The molecule has 0 bridgehead atoms. The third-order valence-corrected chi connectivity index (χ3v) is 5.32. The smallest absolute Gasteiger partial charge is 0.229 e. The molecule has 26 heavy (non-hydrogen) atoms. The largest absolute Gasteiger partial charge is 0.311 e. The molecule has 132 valence electrons. The molecule has 1 aliphatic rings. The summed E-state index contributed by atoms with van der Waals surface area (Å²) < 4.78 is 2.92. The summed E-state index contributed by atoms with van der Waals surface area (Å²) in [6.45, 7) is 0.742. The van der Waals surface area contributed by atoms with Crippen LogP contribution in [0.15, 0.2) is 71.3 Å². The molecular formula is C21H20BrN3O. The summed E-state index contributed by atoms with van der Waals surface area (Å²) in [5, 5.41) is 7.40. The van der Waals surface area contributed by atoms with E-state index in [-0.39, 0.29) is 11.8 Å². The number of halogens is 1. The first-order chi connectivity index (χ1) is 12.7. The number of hydrogen-bond donors (Lipinski definition) is 1. The van der Waals surface area contributed by atoms with E-state index in [0.29, 0.717) is 5.92 Å². The summed E-state index contributed by atoms with van der Waals surface area (Å²) in [6, 6.07) is 20.4. The summed E-state index contributed by atoms with van der Waals surface area (Å²) in [7, 11) is 0. The molecule has 0 aliphatic heterocycles. The molecular weight excluding hydrogens is 390 g/mol. The number of aryl methyl sites for hydroxylation is 2. The molecule has 1 N–H and O–H groups in total. The van der Waals surface area contributed by atoms with Gasteiger partial charge >= 0.3 is 0 Å². The highest BCUT2D eigenvalue weighted by atomic mass is 79.9. The van der Waals surface area contributed by atoms with Crippen LogP contribution < -0.4 is 5.32 Å². The second-order valence-electron chi connectivity index (χ2n) is 6.67. The molecule has 1 fully saturated rings. The summed E-state index contributed by atoms with van der Waals surface area (Å²) in [5.41, 5.74) is 2.48. The molecule has 0 saturated heterocycles. The van der Waals surface area contributed by atoms with Crippen molar-refractivity contribution in [3.8, 4) is 0 Å². The number of carbonyl (C=O) groups is 1. The molecule has 3 aromatic rings. The van der Waals surface area contributed by atoms with Crippen LogP contribution in [-0.4, -0.2) is 15.7 Å². The summed E-state index contributed by atoms with van der Waals surface area (Å²) in [4.78, 5) is 12.6. The van der Waals surface area contributed by atoms with E-state index in [4.69, 9.17) is 0 Å². The van der Waals surface area contributed by atoms with Crippen LogP contribution in [-0.2, 0) is 17.8 Å². The second-order valence-corrected chi connectivity index (χ2v) is 7.58. The van der Waals surface area contributed by atoms with E-state index in [1.54, 1.807) is 6.20 Å². The number of aromatic nitrogens is 2. The number of carbonyl (C=O) groups excluding carboxylic acids is 1. The highest BCUT2D eigenvalue weighted by Gasteiger charge is 2.44. The molecule has 4 rings (SSSR count). The van der Waals surface area contributed by atoms with E-state index in [9.17, 15) is 4.79 Å². The zero-order valence-electron chi connectivity index (χ0n) is 14.3. The maximum Gasteiger partial charge on any atom is 0.229 e. The Bertz CT molecular complexity index is 906. The molecule has 1 amide bonds. The first kappa shape index (κ1) is 17.0. The number of anilines is 1. The number of benzene rings is 2. The molecule has 1 aliphatic carbocycles. The average molecular weight is 410 g/mol. The molecule has 4 nitrogen and oxygen atoms in total. The molecule has 5 heteroatoms. The molecule has 1 aromatic heterocycles. The minimum absolute atomic E-state index is 0.0433. The highest BCUT2D eigenvalue weighted by molar-refractivity contribution is 9.10. The van der Waals surface area contributed by atoms with Crippen LogP contribution >= 0.6 is 15.9 Å². The number of amides is 1. The van der Waals surface area contributed by atoms with Gasteiger partial charge < -0.3 is 5.32 Å². The van der Waals surface area contributed by atoms with Crippen LogP contribution in [0.4, 0.5) is 5.82 Å². The van der Waals surface area contributed by atoms with Crippen molar-refractivity contribution >= 4 is 27.7 Å². The van der Waals surface area contributed by atoms with Crippen molar-refractivity contribution < 1.29 is 4.79 Å². The summed E-state index contributed by atoms with van der Waals surface area (Å²) >= 11 is 3.50. The van der Waals surface area contributed by atoms with Crippen LogP contribution in [0.25, 0.3) is 0 Å². The first-order valence-corrected chi connectivity index (χ1v) is 9.62. The lowest BCUT2D eigenvalue weighted by Crippen LogP contribution is -2.18. The van der Waals surface area contributed by atoms with Gasteiger partial charge in [0.2, 0.25) is 5.91 Å². The van der Waals surface area contributed by atoms with Crippen molar-refractivity contribution in [3.05, 3.63) is 82.5 Å². The van der Waals surface area contributed by atoms with Gasteiger partial charge in [-0.3, -0.25) is 4.79 Å². The van der Waals surface area contributed by atoms with Crippen LogP contribution in [0.5, 0.6) is 0 Å². The highest BCUT2D eigenvalue weighted by Crippen LogP contribution is 2.48. The van der Waals surface area contributed by atoms with Gasteiger partial charge in [-0.15, -0.1) is 0 Å². The standard InChI is InChI=1S/C21H20BrN3O/c22-17-8-4-7-16(13-17)18-14-19(18)21(26)24-20-9-11-23-25(20)12-10-15-5-2-1-3-6-15/h1-9,11,13,18-19H,10,12,14H2,(H,24,26). The average Bonchev–Trinajstić information content (AvgIpc) is 3.35. The van der Waals surface area contributed by atoms with E-state index in [0.717, 1.165) is 29.7 Å². The van der Waals surface area contributed by atoms with Crippen molar-refractivity contribution in [3.63, 3.8) is 0 Å². The summed E-state index contributed by atoms with van der Waals surface area (Å²) in [6.07, 6.45) is 3.52. The van der Waals surface area contributed by atoms with Crippen molar-refractivity contribution in [1.82, 2.24) is 9.78 Å². The Labute approximate surface area is 161 Å². The fourth-order valence-electron chi connectivity index (χ4n) is 3.31. The predicted octanol–water partition coefficient (Wildman–Crippen LogP) is 4.63. The summed E-state index contributed by atoms with van der Waals surface area (Å²) in [5.74, 6) is 1.21. The Morgan fingerprint density at radius 3 is 2.81 bits per heavy atom. The normalized spacial score (nSPS) is 18.5. The third kappa shape index (κ3) is 3.88. The predicted molar refractivity (Wildman–Crippen MR) is 106 cm³/mol. The number of nitrogens with one attached hydrogen (secondary N) is 1. The topological polar surface area (TPSA) is 46.9 Å². The monoisotopic (exact) mass is 409 g/mol. The maximum atomic E-state index is 12.6. The van der Waals surface area contributed by atoms with Gasteiger partial charge in [-0.2, -0.15) is 5.10 Å². The molecule has 0 radical (unpaired) electrons. The SMILES string of the molecule is O=C(Nc1ccnn1CCc1ccccc1)C1CC1c1cccc(Br)c1. The van der Waals surface area contributed by atoms with E-state index in [1.165, 1.54) is 11.1 Å². The Morgan fingerprint density at radius 2 is 2.00 bits per heavy atom. The Balaban J connectivity index is 1.36. The van der Waals surface area contributed by atoms with Gasteiger partial charge in [-0.25, -0.2) is 4.68 Å². The van der Waals surface area contributed by atoms with Crippen LogP contribution in [0.3, 0.4) is 0 Å². The molecule has 0 spiro atoms. The Kier molecular flexibility index (Phi) is 4.89. The lowest BCUT2D eigenvalue weighted by Gasteiger charge is -2.09. The fourth-order valence-corrected chi connectivity index (χ4v) is 3.72. The zero-order valence-corrected chi connectivity index (χ0v) is 15.9. The molecule has 1 saturated carbocycles. The van der Waals surface area contributed by atoms with Gasteiger partial charge in [0, 0.05) is 23.0 Å². The van der Waals surface area contributed by atoms with Gasteiger partial charge in [0.05, 0.1) is 6.20 Å². The van der Waals surface area contributed by atoms with Gasteiger partial charge in [0.1, 0.15) is 5.82 Å². The minimum atomic E-state index is 0.0433. The van der Waals surface area contributed by atoms with Crippen LogP contribution in [0, 0.1) is 5.92 Å². The van der Waals surface area contributed by atoms with Crippen molar-refractivity contribution in [2.75, 3.05) is 5.32 Å². The fraction of sp³-hybridized carbons (Fsp3) is 0.238. The van der Waals surface area contributed by atoms with Crippen LogP contribution in [0.1, 0.15) is 23.5 Å². The van der Waals surface area contributed by atoms with Gasteiger partial charge in [-0.05, 0) is 42.0 Å².